The highest BCUT2D eigenvalue weighted by molar-refractivity contribution is 8.00. The molecule has 1 aliphatic carbocycles. The molecule has 0 N–H and O–H groups in total. The predicted octanol–water partition coefficient (Wildman–Crippen LogP) is 3.67. The fraction of sp³-hybridized carbons (Fsp3) is 1.00. The second kappa shape index (κ2) is 5.27. The van der Waals surface area contributed by atoms with Crippen LogP contribution in [0.2, 0.25) is 0 Å². The molecule has 0 aromatic carbocycles. The van der Waals surface area contributed by atoms with Gasteiger partial charge in [-0.1, -0.05) is 32.4 Å². The Bertz CT molecular complexity index is 285. The van der Waals surface area contributed by atoms with Crippen molar-refractivity contribution in [3.8, 4) is 0 Å². The van der Waals surface area contributed by atoms with E-state index in [4.69, 9.17) is 4.74 Å². The van der Waals surface area contributed by atoms with E-state index in [-0.39, 0.29) is 11.0 Å². The highest BCUT2D eigenvalue weighted by Gasteiger charge is 2.50. The van der Waals surface area contributed by atoms with E-state index in [1.54, 1.807) is 0 Å². The largest absolute Gasteiger partial charge is 0.358 e. The van der Waals surface area contributed by atoms with Crippen molar-refractivity contribution in [1.29, 1.82) is 0 Å². The second-order valence-electron chi connectivity index (χ2n) is 5.91. The van der Waals surface area contributed by atoms with Gasteiger partial charge in [-0.15, -0.1) is 11.8 Å². The number of hydrogen-bond acceptors (Lipinski definition) is 4. The highest BCUT2D eigenvalue weighted by Crippen LogP contribution is 2.53. The molecule has 0 radical (unpaired) electrons. The van der Waals surface area contributed by atoms with E-state index < -0.39 is 0 Å². The Morgan fingerprint density at radius 2 is 2.24 bits per heavy atom. The molecule has 1 spiro atoms. The summed E-state index contributed by atoms with van der Waals surface area (Å²) in [6.45, 7) is 7.21. The van der Waals surface area contributed by atoms with Crippen LogP contribution in [-0.4, -0.2) is 23.3 Å². The summed E-state index contributed by atoms with van der Waals surface area (Å²) in [4.78, 5) is 10.3. The molecule has 1 saturated heterocycles. The highest BCUT2D eigenvalue weighted by atomic mass is 32.2. The van der Waals surface area contributed by atoms with Gasteiger partial charge in [0.1, 0.15) is 11.5 Å². The first-order valence-electron chi connectivity index (χ1n) is 6.68. The van der Waals surface area contributed by atoms with Crippen molar-refractivity contribution in [2.24, 2.45) is 22.9 Å². The first kappa shape index (κ1) is 13.3. The van der Waals surface area contributed by atoms with Crippen molar-refractivity contribution in [2.75, 3.05) is 12.3 Å². The molecule has 0 aromatic heterocycles. The van der Waals surface area contributed by atoms with Gasteiger partial charge in [-0.05, 0) is 30.6 Å². The molecule has 1 aliphatic heterocycles. The summed E-state index contributed by atoms with van der Waals surface area (Å²) in [5.74, 6) is 2.94. The average Bonchev–Trinajstić information content (AvgIpc) is 2.61. The zero-order chi connectivity index (χ0) is 12.5. The first-order chi connectivity index (χ1) is 8.07. The third-order valence-corrected chi connectivity index (χ3v) is 5.72. The van der Waals surface area contributed by atoms with E-state index in [1.807, 2.05) is 11.8 Å². The van der Waals surface area contributed by atoms with E-state index in [2.05, 4.69) is 25.9 Å². The Morgan fingerprint density at radius 1 is 1.47 bits per heavy atom. The van der Waals surface area contributed by atoms with Crippen LogP contribution in [0.4, 0.5) is 0 Å². The summed E-state index contributed by atoms with van der Waals surface area (Å²) in [7, 11) is 0. The molecule has 0 amide bonds. The van der Waals surface area contributed by atoms with Crippen LogP contribution in [0, 0.1) is 22.7 Å². The third kappa shape index (κ3) is 2.68. The van der Waals surface area contributed by atoms with Gasteiger partial charge in [0.25, 0.3) is 0 Å². The zero-order valence-electron chi connectivity index (χ0n) is 11.0. The molecule has 17 heavy (non-hydrogen) atoms. The number of nitroso groups, excluding NO2 is 1. The molecule has 2 aliphatic rings. The van der Waals surface area contributed by atoms with Gasteiger partial charge in [-0.25, -0.2) is 0 Å². The van der Waals surface area contributed by atoms with E-state index in [0.717, 1.165) is 18.1 Å². The lowest BCUT2D eigenvalue weighted by Gasteiger charge is -2.44. The Balaban J connectivity index is 2.11. The molecule has 98 valence electrons. The normalized spacial score (nSPS) is 42.2. The monoisotopic (exact) mass is 257 g/mol. The van der Waals surface area contributed by atoms with Gasteiger partial charge in [0.15, 0.2) is 0 Å². The molecule has 4 heteroatoms. The van der Waals surface area contributed by atoms with Crippen molar-refractivity contribution < 1.29 is 4.74 Å². The van der Waals surface area contributed by atoms with Crippen molar-refractivity contribution in [3.63, 3.8) is 0 Å². The van der Waals surface area contributed by atoms with Crippen LogP contribution in [0.25, 0.3) is 0 Å². The number of nitrogens with zero attached hydrogens (tertiary/aromatic N) is 1. The molecule has 3 nitrogen and oxygen atoms in total. The fourth-order valence-corrected chi connectivity index (χ4v) is 5.18. The Morgan fingerprint density at radius 3 is 2.88 bits per heavy atom. The van der Waals surface area contributed by atoms with E-state index in [1.165, 1.54) is 12.8 Å². The molecule has 4 unspecified atom stereocenters. The SMILES string of the molecule is CC1CCC(C(C)C)C2(C1)OC(CN=O)CS2. The lowest BCUT2D eigenvalue weighted by atomic mass is 9.75. The topological polar surface area (TPSA) is 38.7 Å². The van der Waals surface area contributed by atoms with Gasteiger partial charge in [0.2, 0.25) is 0 Å². The van der Waals surface area contributed by atoms with Crippen molar-refractivity contribution >= 4 is 11.8 Å². The first-order valence-corrected chi connectivity index (χ1v) is 7.67. The van der Waals surface area contributed by atoms with Crippen molar-refractivity contribution in [3.05, 3.63) is 4.91 Å². The number of hydrogen-bond donors (Lipinski definition) is 0. The van der Waals surface area contributed by atoms with Gasteiger partial charge in [0, 0.05) is 5.75 Å². The summed E-state index contributed by atoms with van der Waals surface area (Å²) in [5, 5.41) is 3.00. The van der Waals surface area contributed by atoms with E-state index in [9.17, 15) is 4.91 Å². The Kier molecular flexibility index (Phi) is 4.14. The maximum absolute atomic E-state index is 10.4. The van der Waals surface area contributed by atoms with Crippen LogP contribution in [0.15, 0.2) is 5.18 Å². The predicted molar refractivity (Wildman–Crippen MR) is 72.1 cm³/mol. The van der Waals surface area contributed by atoms with Crippen LogP contribution < -0.4 is 0 Å². The maximum Gasteiger partial charge on any atom is 0.117 e. The molecule has 1 heterocycles. The molecular formula is C13H23NO2S. The maximum atomic E-state index is 10.4. The Labute approximate surface area is 108 Å². The second-order valence-corrected chi connectivity index (χ2v) is 7.22. The van der Waals surface area contributed by atoms with Crippen LogP contribution in [0.5, 0.6) is 0 Å². The lowest BCUT2D eigenvalue weighted by molar-refractivity contribution is -0.0807. The summed E-state index contributed by atoms with van der Waals surface area (Å²) < 4.78 is 6.24. The minimum absolute atomic E-state index is 0.0266. The van der Waals surface area contributed by atoms with Gasteiger partial charge in [-0.2, -0.15) is 4.91 Å². The summed E-state index contributed by atoms with van der Waals surface area (Å²) in [6.07, 6.45) is 3.75. The average molecular weight is 257 g/mol. The molecule has 2 rings (SSSR count). The number of rotatable bonds is 3. The number of thioether (sulfide) groups is 1. The molecule has 1 saturated carbocycles. The minimum atomic E-state index is -0.0266. The van der Waals surface area contributed by atoms with Crippen molar-refractivity contribution in [2.45, 2.75) is 51.1 Å². The zero-order valence-corrected chi connectivity index (χ0v) is 11.8. The van der Waals surface area contributed by atoms with Crippen molar-refractivity contribution in [1.82, 2.24) is 0 Å². The molecular weight excluding hydrogens is 234 g/mol. The van der Waals surface area contributed by atoms with Gasteiger partial charge >= 0.3 is 0 Å². The Hall–Kier alpha value is -0.0900. The van der Waals surface area contributed by atoms with E-state index >= 15 is 0 Å². The van der Waals surface area contributed by atoms with Crippen LogP contribution >= 0.6 is 11.8 Å². The number of ether oxygens (including phenoxy) is 1. The van der Waals surface area contributed by atoms with E-state index in [0.29, 0.717) is 18.4 Å². The summed E-state index contributed by atoms with van der Waals surface area (Å²) in [5.41, 5.74) is 0. The smallest absolute Gasteiger partial charge is 0.117 e. The van der Waals surface area contributed by atoms with Crippen LogP contribution in [0.3, 0.4) is 0 Å². The summed E-state index contributed by atoms with van der Waals surface area (Å²) in [6, 6.07) is 0. The minimum Gasteiger partial charge on any atom is -0.358 e. The van der Waals surface area contributed by atoms with Crippen LogP contribution in [-0.2, 0) is 4.74 Å². The summed E-state index contributed by atoms with van der Waals surface area (Å²) >= 11 is 1.93. The van der Waals surface area contributed by atoms with Crippen LogP contribution in [0.1, 0.15) is 40.0 Å². The fourth-order valence-electron chi connectivity index (χ4n) is 3.32. The molecule has 0 aromatic rings. The quantitative estimate of drug-likeness (QED) is 0.724. The molecule has 0 bridgehead atoms. The molecule has 2 fully saturated rings. The lowest BCUT2D eigenvalue weighted by Crippen LogP contribution is -2.43. The standard InChI is InChI=1S/C13H23NO2S/c1-9(2)12-5-4-10(3)6-13(12)16-11(7-14-15)8-17-13/h9-12H,4-8H2,1-3H3. The molecule has 4 atom stereocenters. The van der Waals surface area contributed by atoms with Gasteiger partial charge in [0.05, 0.1) is 6.10 Å². The third-order valence-electron chi connectivity index (χ3n) is 4.13. The van der Waals surface area contributed by atoms with Gasteiger partial charge in [-0.3, -0.25) is 0 Å². The van der Waals surface area contributed by atoms with Gasteiger partial charge < -0.3 is 4.74 Å².